The fraction of sp³-hybridized carbons (Fsp3) is 0.0769. The first kappa shape index (κ1) is 12.6. The first-order valence-electron chi connectivity index (χ1n) is 5.37. The molecule has 2 N–H and O–H groups in total. The fourth-order valence-electron chi connectivity index (χ4n) is 1.46. The van der Waals surface area contributed by atoms with E-state index in [0.717, 1.165) is 10.0 Å². The molecule has 1 aromatic heterocycles. The molecule has 0 bridgehead atoms. The van der Waals surface area contributed by atoms with Crippen molar-refractivity contribution in [2.45, 2.75) is 6.54 Å². The summed E-state index contributed by atoms with van der Waals surface area (Å²) in [4.78, 5) is 25.9. The molecule has 2 rings (SSSR count). The lowest BCUT2D eigenvalue weighted by Gasteiger charge is -2.04. The van der Waals surface area contributed by atoms with Gasteiger partial charge in [-0.3, -0.25) is 9.59 Å². The Hall–Kier alpha value is -1.88. The number of benzene rings is 1. The van der Waals surface area contributed by atoms with Crippen molar-refractivity contribution in [3.8, 4) is 0 Å². The van der Waals surface area contributed by atoms with Gasteiger partial charge in [0.05, 0.1) is 5.69 Å². The SMILES string of the molecule is O=C(NCc1ccc(Br)cc1)C(=O)c1ccc[nH]1. The predicted octanol–water partition coefficient (Wildman–Crippen LogP) is 2.28. The van der Waals surface area contributed by atoms with Crippen LogP contribution in [0.4, 0.5) is 0 Å². The number of carbonyl (C=O) groups excluding carboxylic acids is 2. The number of aromatic amines is 1. The van der Waals surface area contributed by atoms with Gasteiger partial charge in [0, 0.05) is 17.2 Å². The molecular weight excluding hydrogens is 296 g/mol. The monoisotopic (exact) mass is 306 g/mol. The standard InChI is InChI=1S/C13H11BrN2O2/c14-10-5-3-9(4-6-10)8-16-13(18)12(17)11-2-1-7-15-11/h1-7,15H,8H2,(H,16,18). The summed E-state index contributed by atoms with van der Waals surface area (Å²) >= 11 is 3.33. The van der Waals surface area contributed by atoms with Crippen LogP contribution in [0.2, 0.25) is 0 Å². The Morgan fingerprint density at radius 1 is 1.17 bits per heavy atom. The van der Waals surface area contributed by atoms with E-state index in [1.54, 1.807) is 18.3 Å². The van der Waals surface area contributed by atoms with Crippen LogP contribution in [0, 0.1) is 0 Å². The van der Waals surface area contributed by atoms with Crippen molar-refractivity contribution in [1.29, 1.82) is 0 Å². The highest BCUT2D eigenvalue weighted by molar-refractivity contribution is 9.10. The van der Waals surface area contributed by atoms with Gasteiger partial charge in [0.15, 0.2) is 0 Å². The van der Waals surface area contributed by atoms with Crippen LogP contribution in [0.25, 0.3) is 0 Å². The van der Waals surface area contributed by atoms with Gasteiger partial charge in [-0.25, -0.2) is 0 Å². The molecule has 0 spiro atoms. The Morgan fingerprint density at radius 3 is 2.50 bits per heavy atom. The number of aromatic nitrogens is 1. The van der Waals surface area contributed by atoms with E-state index in [1.165, 1.54) is 0 Å². The number of hydrogen-bond acceptors (Lipinski definition) is 2. The van der Waals surface area contributed by atoms with E-state index in [1.807, 2.05) is 24.3 Å². The molecule has 1 aromatic carbocycles. The van der Waals surface area contributed by atoms with Crippen LogP contribution < -0.4 is 5.32 Å². The van der Waals surface area contributed by atoms with Crippen molar-refractivity contribution >= 4 is 27.6 Å². The summed E-state index contributed by atoms with van der Waals surface area (Å²) in [6, 6.07) is 10.8. The minimum absolute atomic E-state index is 0.295. The second-order valence-electron chi connectivity index (χ2n) is 3.72. The van der Waals surface area contributed by atoms with Gasteiger partial charge < -0.3 is 10.3 Å². The van der Waals surface area contributed by atoms with Crippen LogP contribution >= 0.6 is 15.9 Å². The Labute approximate surface area is 113 Å². The maximum Gasteiger partial charge on any atom is 0.294 e. The molecule has 0 aliphatic heterocycles. The van der Waals surface area contributed by atoms with Gasteiger partial charge in [-0.15, -0.1) is 0 Å². The maximum absolute atomic E-state index is 11.6. The highest BCUT2D eigenvalue weighted by atomic mass is 79.9. The third-order valence-corrected chi connectivity index (χ3v) is 2.94. The minimum Gasteiger partial charge on any atom is -0.358 e. The Morgan fingerprint density at radius 2 is 1.89 bits per heavy atom. The molecule has 2 aromatic rings. The Kier molecular flexibility index (Phi) is 3.94. The fourth-order valence-corrected chi connectivity index (χ4v) is 1.72. The average molecular weight is 307 g/mol. The number of halogens is 1. The number of Topliss-reactive ketones (excluding diaryl/α,β-unsaturated/α-hetero) is 1. The lowest BCUT2D eigenvalue weighted by Crippen LogP contribution is -2.30. The number of nitrogens with one attached hydrogen (secondary N) is 2. The van der Waals surface area contributed by atoms with E-state index in [0.29, 0.717) is 12.2 Å². The lowest BCUT2D eigenvalue weighted by atomic mass is 10.2. The van der Waals surface area contributed by atoms with Crippen LogP contribution in [0.15, 0.2) is 47.1 Å². The zero-order chi connectivity index (χ0) is 13.0. The van der Waals surface area contributed by atoms with E-state index in [-0.39, 0.29) is 0 Å². The van der Waals surface area contributed by atoms with Crippen LogP contribution in [-0.2, 0) is 11.3 Å². The summed E-state index contributed by atoms with van der Waals surface area (Å²) in [5.41, 5.74) is 1.23. The molecule has 92 valence electrons. The first-order chi connectivity index (χ1) is 8.66. The van der Waals surface area contributed by atoms with E-state index >= 15 is 0 Å². The lowest BCUT2D eigenvalue weighted by molar-refractivity contribution is -0.117. The second kappa shape index (κ2) is 5.64. The number of carbonyl (C=O) groups is 2. The van der Waals surface area contributed by atoms with Crippen LogP contribution in [0.1, 0.15) is 16.1 Å². The zero-order valence-electron chi connectivity index (χ0n) is 9.44. The van der Waals surface area contributed by atoms with Gasteiger partial charge in [-0.1, -0.05) is 28.1 Å². The topological polar surface area (TPSA) is 62.0 Å². The van der Waals surface area contributed by atoms with E-state index in [4.69, 9.17) is 0 Å². The van der Waals surface area contributed by atoms with Gasteiger partial charge in [-0.2, -0.15) is 0 Å². The summed E-state index contributed by atoms with van der Waals surface area (Å²) in [6.07, 6.45) is 1.61. The molecule has 0 unspecified atom stereocenters. The molecule has 4 nitrogen and oxygen atoms in total. The molecule has 5 heteroatoms. The summed E-state index contributed by atoms with van der Waals surface area (Å²) in [7, 11) is 0. The van der Waals surface area contributed by atoms with E-state index in [9.17, 15) is 9.59 Å². The number of ketones is 1. The summed E-state index contributed by atoms with van der Waals surface area (Å²) < 4.78 is 0.972. The van der Waals surface area contributed by atoms with Crippen molar-refractivity contribution in [2.75, 3.05) is 0 Å². The van der Waals surface area contributed by atoms with Gasteiger partial charge in [0.25, 0.3) is 11.7 Å². The van der Waals surface area contributed by atoms with Gasteiger partial charge in [-0.05, 0) is 29.8 Å². The van der Waals surface area contributed by atoms with Crippen LogP contribution in [-0.4, -0.2) is 16.7 Å². The first-order valence-corrected chi connectivity index (χ1v) is 6.16. The van der Waals surface area contributed by atoms with Gasteiger partial charge in [0.1, 0.15) is 0 Å². The van der Waals surface area contributed by atoms with E-state index < -0.39 is 11.7 Å². The van der Waals surface area contributed by atoms with Crippen LogP contribution in [0.5, 0.6) is 0 Å². The van der Waals surface area contributed by atoms with Crippen molar-refractivity contribution in [2.24, 2.45) is 0 Å². The molecule has 0 saturated heterocycles. The molecule has 1 heterocycles. The Balaban J connectivity index is 1.92. The summed E-state index contributed by atoms with van der Waals surface area (Å²) in [6.45, 7) is 0.332. The molecule has 0 atom stereocenters. The summed E-state index contributed by atoms with van der Waals surface area (Å²) in [5, 5.41) is 2.58. The molecule has 1 amide bonds. The highest BCUT2D eigenvalue weighted by Crippen LogP contribution is 2.10. The van der Waals surface area contributed by atoms with Crippen molar-refractivity contribution in [3.05, 3.63) is 58.3 Å². The quantitative estimate of drug-likeness (QED) is 0.672. The number of amides is 1. The largest absolute Gasteiger partial charge is 0.358 e. The van der Waals surface area contributed by atoms with Crippen molar-refractivity contribution < 1.29 is 9.59 Å². The molecule has 0 fully saturated rings. The Bertz CT molecular complexity index is 547. The smallest absolute Gasteiger partial charge is 0.294 e. The molecule has 0 aliphatic carbocycles. The number of H-pyrrole nitrogens is 1. The average Bonchev–Trinajstić information content (AvgIpc) is 2.90. The van der Waals surface area contributed by atoms with Gasteiger partial charge in [0.2, 0.25) is 0 Å². The number of hydrogen-bond donors (Lipinski definition) is 2. The highest BCUT2D eigenvalue weighted by Gasteiger charge is 2.15. The normalized spacial score (nSPS) is 10.1. The van der Waals surface area contributed by atoms with E-state index in [2.05, 4.69) is 26.2 Å². The predicted molar refractivity (Wildman–Crippen MR) is 71.1 cm³/mol. The number of rotatable bonds is 4. The van der Waals surface area contributed by atoms with Crippen LogP contribution in [0.3, 0.4) is 0 Å². The summed E-state index contributed by atoms with van der Waals surface area (Å²) in [5.74, 6) is -1.17. The second-order valence-corrected chi connectivity index (χ2v) is 4.64. The third kappa shape index (κ3) is 3.07. The van der Waals surface area contributed by atoms with Crippen molar-refractivity contribution in [1.82, 2.24) is 10.3 Å². The molecule has 18 heavy (non-hydrogen) atoms. The molecule has 0 radical (unpaired) electrons. The van der Waals surface area contributed by atoms with Gasteiger partial charge >= 0.3 is 0 Å². The minimum atomic E-state index is -0.611. The molecule has 0 aliphatic rings. The maximum atomic E-state index is 11.6. The van der Waals surface area contributed by atoms with Crippen molar-refractivity contribution in [3.63, 3.8) is 0 Å². The third-order valence-electron chi connectivity index (χ3n) is 2.42. The molecule has 0 saturated carbocycles. The molecular formula is C13H11BrN2O2. The zero-order valence-corrected chi connectivity index (χ0v) is 11.0.